The lowest BCUT2D eigenvalue weighted by molar-refractivity contribution is -0.140. The molecule has 23 heavy (non-hydrogen) atoms. The van der Waals surface area contributed by atoms with E-state index in [1.165, 1.54) is 17.9 Å². The maximum absolute atomic E-state index is 12.5. The molecule has 0 aliphatic carbocycles. The number of amides is 1. The molecule has 1 amide bonds. The number of thioether (sulfide) groups is 1. The normalized spacial score (nSPS) is 20.2. The zero-order valence-electron chi connectivity index (χ0n) is 12.5. The Hall–Kier alpha value is -1.10. The van der Waals surface area contributed by atoms with Gasteiger partial charge in [-0.15, -0.1) is 11.3 Å². The highest BCUT2D eigenvalue weighted by molar-refractivity contribution is 7.99. The van der Waals surface area contributed by atoms with Crippen LogP contribution in [0, 0.1) is 0 Å². The first-order valence-corrected chi connectivity index (χ1v) is 10.5. The van der Waals surface area contributed by atoms with E-state index in [2.05, 4.69) is 4.72 Å². The van der Waals surface area contributed by atoms with Crippen molar-refractivity contribution in [1.29, 1.82) is 0 Å². The summed E-state index contributed by atoms with van der Waals surface area (Å²) in [7, 11) is -3.74. The van der Waals surface area contributed by atoms with Crippen LogP contribution >= 0.6 is 23.1 Å². The van der Waals surface area contributed by atoms with Gasteiger partial charge in [-0.25, -0.2) is 8.42 Å². The molecule has 2 N–H and O–H groups in total. The summed E-state index contributed by atoms with van der Waals surface area (Å²) in [5.74, 6) is -0.104. The van der Waals surface area contributed by atoms with Gasteiger partial charge in [0.25, 0.3) is 10.0 Å². The molecule has 0 radical (unpaired) electrons. The largest absolute Gasteiger partial charge is 0.481 e. The van der Waals surface area contributed by atoms with E-state index in [4.69, 9.17) is 5.11 Å². The summed E-state index contributed by atoms with van der Waals surface area (Å²) in [4.78, 5) is 24.9. The van der Waals surface area contributed by atoms with Gasteiger partial charge in [0, 0.05) is 18.1 Å². The number of carbonyl (C=O) groups is 2. The van der Waals surface area contributed by atoms with Gasteiger partial charge in [-0.1, -0.05) is 6.07 Å². The molecule has 2 heterocycles. The number of nitrogens with zero attached hydrogens (tertiary/aromatic N) is 1. The summed E-state index contributed by atoms with van der Waals surface area (Å²) in [5.41, 5.74) is 0. The van der Waals surface area contributed by atoms with Crippen LogP contribution in [0.15, 0.2) is 21.7 Å². The Bertz CT molecular complexity index is 659. The number of hydrogen-bond acceptors (Lipinski definition) is 6. The molecule has 1 saturated heterocycles. The fraction of sp³-hybridized carbons (Fsp3) is 0.538. The molecular formula is C13H18N2O5S3. The standard InChI is InChI=1S/C13H18N2O5S3/c1-9(14-23(19,20)12-3-2-5-22-12)13(18)15-4-6-21-8-10(15)7-11(16)17/h2-3,5,9-10,14H,4,6-8H2,1H3,(H,16,17). The average Bonchev–Trinajstić information content (AvgIpc) is 3.01. The minimum Gasteiger partial charge on any atom is -0.481 e. The monoisotopic (exact) mass is 378 g/mol. The van der Waals surface area contributed by atoms with Crippen molar-refractivity contribution in [3.05, 3.63) is 17.5 Å². The Kier molecular flexibility index (Phi) is 6.06. The molecule has 10 heteroatoms. The third kappa shape index (κ3) is 4.69. The van der Waals surface area contributed by atoms with E-state index in [1.807, 2.05) is 0 Å². The van der Waals surface area contributed by atoms with Gasteiger partial charge in [0.1, 0.15) is 4.21 Å². The van der Waals surface area contributed by atoms with Crippen molar-refractivity contribution in [3.63, 3.8) is 0 Å². The summed E-state index contributed by atoms with van der Waals surface area (Å²) in [6, 6.07) is 1.74. The zero-order chi connectivity index (χ0) is 17.0. The van der Waals surface area contributed by atoms with Crippen molar-refractivity contribution in [2.24, 2.45) is 0 Å². The van der Waals surface area contributed by atoms with Crippen LogP contribution in [0.5, 0.6) is 0 Å². The molecule has 0 aromatic carbocycles. The molecule has 0 bridgehead atoms. The van der Waals surface area contributed by atoms with E-state index in [1.54, 1.807) is 23.2 Å². The van der Waals surface area contributed by atoms with Crippen molar-refractivity contribution in [2.45, 2.75) is 29.6 Å². The minimum absolute atomic E-state index is 0.136. The zero-order valence-corrected chi connectivity index (χ0v) is 14.9. The average molecular weight is 378 g/mol. The number of carbonyl (C=O) groups excluding carboxylic acids is 1. The van der Waals surface area contributed by atoms with Crippen LogP contribution in [-0.2, 0) is 19.6 Å². The molecular weight excluding hydrogens is 360 g/mol. The Morgan fingerprint density at radius 2 is 2.26 bits per heavy atom. The SMILES string of the molecule is CC(NS(=O)(=O)c1cccs1)C(=O)N1CCSCC1CC(=O)O. The first kappa shape index (κ1) is 18.2. The van der Waals surface area contributed by atoms with Crippen LogP contribution in [-0.4, -0.2) is 60.4 Å². The van der Waals surface area contributed by atoms with E-state index >= 15 is 0 Å². The predicted molar refractivity (Wildman–Crippen MR) is 89.2 cm³/mol. The second-order valence-electron chi connectivity index (χ2n) is 5.13. The van der Waals surface area contributed by atoms with Gasteiger partial charge in [0.05, 0.1) is 18.5 Å². The molecule has 1 aromatic heterocycles. The number of carboxylic acids is 1. The number of sulfonamides is 1. The van der Waals surface area contributed by atoms with Crippen LogP contribution in [0.2, 0.25) is 0 Å². The molecule has 0 spiro atoms. The molecule has 1 aliphatic rings. The molecule has 0 saturated carbocycles. The minimum atomic E-state index is -3.74. The van der Waals surface area contributed by atoms with Crippen molar-refractivity contribution in [2.75, 3.05) is 18.1 Å². The van der Waals surface area contributed by atoms with Gasteiger partial charge >= 0.3 is 5.97 Å². The molecule has 2 atom stereocenters. The lowest BCUT2D eigenvalue weighted by Crippen LogP contribution is -2.54. The van der Waals surface area contributed by atoms with E-state index in [9.17, 15) is 18.0 Å². The van der Waals surface area contributed by atoms with Crippen molar-refractivity contribution in [3.8, 4) is 0 Å². The Labute approximate surface area is 143 Å². The first-order valence-electron chi connectivity index (χ1n) is 6.97. The van der Waals surface area contributed by atoms with Crippen LogP contribution in [0.4, 0.5) is 0 Å². The van der Waals surface area contributed by atoms with Crippen molar-refractivity contribution in [1.82, 2.24) is 9.62 Å². The molecule has 2 unspecified atom stereocenters. The molecule has 128 valence electrons. The molecule has 7 nitrogen and oxygen atoms in total. The van der Waals surface area contributed by atoms with E-state index < -0.39 is 34.0 Å². The van der Waals surface area contributed by atoms with Crippen LogP contribution in [0.1, 0.15) is 13.3 Å². The van der Waals surface area contributed by atoms with Gasteiger partial charge in [-0.2, -0.15) is 16.5 Å². The first-order chi connectivity index (χ1) is 10.8. The summed E-state index contributed by atoms with van der Waals surface area (Å²) >= 11 is 2.67. The summed E-state index contributed by atoms with van der Waals surface area (Å²) in [6.45, 7) is 1.90. The van der Waals surface area contributed by atoms with Crippen LogP contribution in [0.25, 0.3) is 0 Å². The predicted octanol–water partition coefficient (Wildman–Crippen LogP) is 0.834. The van der Waals surface area contributed by atoms with Gasteiger partial charge in [-0.3, -0.25) is 9.59 Å². The van der Waals surface area contributed by atoms with E-state index in [-0.39, 0.29) is 10.6 Å². The summed E-state index contributed by atoms with van der Waals surface area (Å²) in [5, 5.41) is 10.6. The van der Waals surface area contributed by atoms with Crippen molar-refractivity contribution >= 4 is 45.0 Å². The second kappa shape index (κ2) is 7.65. The van der Waals surface area contributed by atoms with Gasteiger partial charge in [0.15, 0.2) is 0 Å². The van der Waals surface area contributed by atoms with E-state index in [0.29, 0.717) is 18.1 Å². The third-order valence-corrected chi connectivity index (χ3v) is 7.41. The van der Waals surface area contributed by atoms with Crippen molar-refractivity contribution < 1.29 is 23.1 Å². The lowest BCUT2D eigenvalue weighted by atomic mass is 10.1. The smallest absolute Gasteiger partial charge is 0.305 e. The maximum Gasteiger partial charge on any atom is 0.305 e. The molecule has 1 fully saturated rings. The lowest BCUT2D eigenvalue weighted by Gasteiger charge is -2.36. The number of aliphatic carboxylic acids is 1. The topological polar surface area (TPSA) is 104 Å². The van der Waals surface area contributed by atoms with Crippen LogP contribution < -0.4 is 4.72 Å². The molecule has 2 rings (SSSR count). The molecule has 1 aliphatic heterocycles. The highest BCUT2D eigenvalue weighted by Gasteiger charge is 2.33. The van der Waals surface area contributed by atoms with Gasteiger partial charge < -0.3 is 10.0 Å². The Balaban J connectivity index is 2.07. The van der Waals surface area contributed by atoms with Gasteiger partial charge in [0.2, 0.25) is 5.91 Å². The highest BCUT2D eigenvalue weighted by atomic mass is 32.2. The Morgan fingerprint density at radius 1 is 1.52 bits per heavy atom. The van der Waals surface area contributed by atoms with Crippen LogP contribution in [0.3, 0.4) is 0 Å². The quantitative estimate of drug-likeness (QED) is 0.760. The third-order valence-electron chi connectivity index (χ3n) is 3.38. The summed E-state index contributed by atoms with van der Waals surface area (Å²) < 4.78 is 26.9. The number of thiophene rings is 1. The van der Waals surface area contributed by atoms with Gasteiger partial charge in [-0.05, 0) is 18.4 Å². The number of nitrogens with one attached hydrogen (secondary N) is 1. The number of carboxylic acid groups (broad SMARTS) is 1. The fourth-order valence-electron chi connectivity index (χ4n) is 2.32. The fourth-order valence-corrected chi connectivity index (χ4v) is 5.59. The second-order valence-corrected chi connectivity index (χ2v) is 9.17. The number of rotatable bonds is 6. The highest BCUT2D eigenvalue weighted by Crippen LogP contribution is 2.21. The number of hydrogen-bond donors (Lipinski definition) is 2. The Morgan fingerprint density at radius 3 is 2.87 bits per heavy atom. The maximum atomic E-state index is 12.5. The summed E-state index contributed by atoms with van der Waals surface area (Å²) in [6.07, 6.45) is -0.136. The van der Waals surface area contributed by atoms with E-state index in [0.717, 1.165) is 11.3 Å². The molecule has 1 aromatic rings.